The highest BCUT2D eigenvalue weighted by molar-refractivity contribution is 5.90. The average molecular weight is 218 g/mol. The number of rotatable bonds is 2. The van der Waals surface area contributed by atoms with Crippen LogP contribution in [0.5, 0.6) is 5.75 Å². The second kappa shape index (κ2) is 3.83. The van der Waals surface area contributed by atoms with Crippen molar-refractivity contribution in [2.75, 3.05) is 0 Å². The van der Waals surface area contributed by atoms with Gasteiger partial charge < -0.3 is 15.4 Å². The molecule has 0 radical (unpaired) electrons. The fourth-order valence-electron chi connectivity index (χ4n) is 2.20. The zero-order chi connectivity index (χ0) is 11.9. The van der Waals surface area contributed by atoms with Gasteiger partial charge in [0.2, 0.25) is 0 Å². The number of nitrogens with zero attached hydrogens (tertiary/aromatic N) is 1. The molecule has 3 nitrogen and oxygen atoms in total. The van der Waals surface area contributed by atoms with Gasteiger partial charge in [-0.25, -0.2) is 0 Å². The Kier molecular flexibility index (Phi) is 2.64. The first-order valence-electron chi connectivity index (χ1n) is 5.56. The molecule has 0 saturated heterocycles. The second-order valence-electron chi connectivity index (χ2n) is 4.49. The summed E-state index contributed by atoms with van der Waals surface area (Å²) in [6.07, 6.45) is 0. The molecular formula is C13H18N2O. The van der Waals surface area contributed by atoms with Crippen LogP contribution in [0.4, 0.5) is 0 Å². The summed E-state index contributed by atoms with van der Waals surface area (Å²) in [5.41, 5.74) is 9.07. The molecule has 2 aromatic rings. The fourth-order valence-corrected chi connectivity index (χ4v) is 2.20. The molecule has 1 aromatic carbocycles. The van der Waals surface area contributed by atoms with Crippen molar-refractivity contribution in [3.05, 3.63) is 29.5 Å². The van der Waals surface area contributed by atoms with Crippen LogP contribution in [-0.2, 0) is 13.6 Å². The van der Waals surface area contributed by atoms with E-state index >= 15 is 0 Å². The summed E-state index contributed by atoms with van der Waals surface area (Å²) in [4.78, 5) is 0. The van der Waals surface area contributed by atoms with Crippen molar-refractivity contribution in [3.8, 4) is 5.75 Å². The van der Waals surface area contributed by atoms with E-state index in [2.05, 4.69) is 18.4 Å². The Morgan fingerprint density at radius 1 is 1.38 bits per heavy atom. The minimum atomic E-state index is 0.328. The van der Waals surface area contributed by atoms with Crippen LogP contribution in [-0.4, -0.2) is 9.67 Å². The normalized spacial score (nSPS) is 11.6. The lowest BCUT2D eigenvalue weighted by atomic mass is 10.0. The third-order valence-electron chi connectivity index (χ3n) is 3.13. The Bertz CT molecular complexity index is 526. The van der Waals surface area contributed by atoms with E-state index in [1.165, 1.54) is 5.56 Å². The molecule has 16 heavy (non-hydrogen) atoms. The number of phenolic OH excluding ortho intramolecular Hbond substituents is 1. The number of aromatic nitrogens is 1. The Hall–Kier alpha value is -1.48. The number of hydrogen-bond donors (Lipinski definition) is 2. The van der Waals surface area contributed by atoms with E-state index < -0.39 is 0 Å². The number of hydrogen-bond acceptors (Lipinski definition) is 2. The molecule has 3 N–H and O–H groups in total. The van der Waals surface area contributed by atoms with Crippen molar-refractivity contribution < 1.29 is 5.11 Å². The minimum Gasteiger partial charge on any atom is -0.507 e. The molecule has 1 heterocycles. The van der Waals surface area contributed by atoms with Crippen LogP contribution in [0.2, 0.25) is 0 Å². The highest BCUT2D eigenvalue weighted by atomic mass is 16.3. The van der Waals surface area contributed by atoms with Gasteiger partial charge in [-0.3, -0.25) is 0 Å². The van der Waals surface area contributed by atoms with Gasteiger partial charge in [-0.1, -0.05) is 19.9 Å². The minimum absolute atomic E-state index is 0.328. The lowest BCUT2D eigenvalue weighted by Crippen LogP contribution is -2.04. The summed E-state index contributed by atoms with van der Waals surface area (Å²) in [5.74, 6) is 0.761. The molecule has 0 atom stereocenters. The summed E-state index contributed by atoms with van der Waals surface area (Å²) >= 11 is 0. The number of aromatic hydroxyl groups is 1. The first-order chi connectivity index (χ1) is 7.56. The van der Waals surface area contributed by atoms with Crippen LogP contribution < -0.4 is 5.73 Å². The molecule has 0 fully saturated rings. The van der Waals surface area contributed by atoms with Crippen molar-refractivity contribution >= 4 is 10.9 Å². The van der Waals surface area contributed by atoms with E-state index in [1.54, 1.807) is 6.07 Å². The molecule has 0 aliphatic carbocycles. The van der Waals surface area contributed by atoms with Crippen LogP contribution in [0, 0.1) is 0 Å². The molecule has 3 heteroatoms. The largest absolute Gasteiger partial charge is 0.507 e. The predicted molar refractivity (Wildman–Crippen MR) is 66.6 cm³/mol. The molecule has 86 valence electrons. The first-order valence-corrected chi connectivity index (χ1v) is 5.56. The molecular weight excluding hydrogens is 200 g/mol. The van der Waals surface area contributed by atoms with Gasteiger partial charge >= 0.3 is 0 Å². The van der Waals surface area contributed by atoms with Crippen LogP contribution in [0.1, 0.15) is 31.0 Å². The lowest BCUT2D eigenvalue weighted by molar-refractivity contribution is 0.481. The van der Waals surface area contributed by atoms with Crippen molar-refractivity contribution in [2.45, 2.75) is 26.3 Å². The van der Waals surface area contributed by atoms with Crippen molar-refractivity contribution in [3.63, 3.8) is 0 Å². The molecule has 0 aliphatic heterocycles. The van der Waals surface area contributed by atoms with Crippen molar-refractivity contribution in [2.24, 2.45) is 12.8 Å². The number of benzene rings is 1. The Labute approximate surface area is 95.5 Å². The van der Waals surface area contributed by atoms with Gasteiger partial charge in [0.25, 0.3) is 0 Å². The maximum absolute atomic E-state index is 9.86. The molecule has 0 aliphatic rings. The topological polar surface area (TPSA) is 51.2 Å². The SMILES string of the molecule is CC(C)c1ccc(O)c2cc(CN)n(C)c12. The standard InChI is InChI=1S/C13H18N2O/c1-8(2)10-4-5-12(16)11-6-9(7-14)15(3)13(10)11/h4-6,8,16H,7,14H2,1-3H3. The van der Waals surface area contributed by atoms with Gasteiger partial charge in [-0.15, -0.1) is 0 Å². The predicted octanol–water partition coefficient (Wildman–Crippen LogP) is 2.47. The highest BCUT2D eigenvalue weighted by Crippen LogP contribution is 2.33. The average Bonchev–Trinajstić information content (AvgIpc) is 2.57. The second-order valence-corrected chi connectivity index (χ2v) is 4.49. The third-order valence-corrected chi connectivity index (χ3v) is 3.13. The Morgan fingerprint density at radius 3 is 2.62 bits per heavy atom. The Balaban J connectivity index is 2.85. The van der Waals surface area contributed by atoms with E-state index in [1.807, 2.05) is 19.2 Å². The van der Waals surface area contributed by atoms with Crippen molar-refractivity contribution in [1.29, 1.82) is 0 Å². The quantitative estimate of drug-likeness (QED) is 0.813. The van der Waals surface area contributed by atoms with Crippen LogP contribution in [0.15, 0.2) is 18.2 Å². The van der Waals surface area contributed by atoms with Crippen LogP contribution >= 0.6 is 0 Å². The van der Waals surface area contributed by atoms with Gasteiger partial charge in [-0.2, -0.15) is 0 Å². The van der Waals surface area contributed by atoms with E-state index in [9.17, 15) is 5.11 Å². The fraction of sp³-hybridized carbons (Fsp3) is 0.385. The van der Waals surface area contributed by atoms with E-state index in [0.29, 0.717) is 18.2 Å². The molecule has 1 aromatic heterocycles. The molecule has 0 saturated carbocycles. The number of fused-ring (bicyclic) bond motifs is 1. The summed E-state index contributed by atoms with van der Waals surface area (Å²) in [6.45, 7) is 4.80. The zero-order valence-electron chi connectivity index (χ0n) is 9.99. The van der Waals surface area contributed by atoms with Crippen LogP contribution in [0.25, 0.3) is 10.9 Å². The van der Waals surface area contributed by atoms with Crippen LogP contribution in [0.3, 0.4) is 0 Å². The zero-order valence-corrected chi connectivity index (χ0v) is 9.99. The van der Waals surface area contributed by atoms with E-state index in [-0.39, 0.29) is 0 Å². The molecule has 0 bridgehead atoms. The highest BCUT2D eigenvalue weighted by Gasteiger charge is 2.14. The van der Waals surface area contributed by atoms with Gasteiger partial charge in [0, 0.05) is 24.7 Å². The molecule has 0 amide bonds. The first kappa shape index (κ1) is 11.0. The summed E-state index contributed by atoms with van der Waals surface area (Å²) < 4.78 is 2.07. The van der Waals surface area contributed by atoms with E-state index in [4.69, 9.17) is 5.73 Å². The molecule has 0 unspecified atom stereocenters. The monoisotopic (exact) mass is 218 g/mol. The van der Waals surface area contributed by atoms with Gasteiger partial charge in [0.05, 0.1) is 5.52 Å². The van der Waals surface area contributed by atoms with Gasteiger partial charge in [0.15, 0.2) is 0 Å². The third kappa shape index (κ3) is 1.48. The smallest absolute Gasteiger partial charge is 0.124 e. The van der Waals surface area contributed by atoms with Crippen molar-refractivity contribution in [1.82, 2.24) is 4.57 Å². The summed E-state index contributed by atoms with van der Waals surface area (Å²) in [5, 5.41) is 10.8. The maximum Gasteiger partial charge on any atom is 0.124 e. The maximum atomic E-state index is 9.86. The molecule has 0 spiro atoms. The van der Waals surface area contributed by atoms with E-state index in [0.717, 1.165) is 16.6 Å². The number of nitrogens with two attached hydrogens (primary N) is 1. The molecule has 2 rings (SSSR count). The van der Waals surface area contributed by atoms with Gasteiger partial charge in [-0.05, 0) is 23.6 Å². The number of aryl methyl sites for hydroxylation is 1. The Morgan fingerprint density at radius 2 is 2.06 bits per heavy atom. The lowest BCUT2D eigenvalue weighted by Gasteiger charge is -2.11. The van der Waals surface area contributed by atoms with Gasteiger partial charge in [0.1, 0.15) is 5.75 Å². The summed E-state index contributed by atoms with van der Waals surface area (Å²) in [7, 11) is 2.00. The summed E-state index contributed by atoms with van der Waals surface area (Å²) in [6, 6.07) is 5.72. The number of phenols is 1.